The third kappa shape index (κ3) is 2.23. The van der Waals surface area contributed by atoms with Crippen molar-refractivity contribution in [2.75, 3.05) is 0 Å². The molecule has 2 atom stereocenters. The van der Waals surface area contributed by atoms with E-state index in [1.807, 2.05) is 26.0 Å². The second kappa shape index (κ2) is 4.29. The van der Waals surface area contributed by atoms with Crippen LogP contribution in [0, 0.1) is 0 Å². The zero-order chi connectivity index (χ0) is 12.8. The zero-order valence-electron chi connectivity index (χ0n) is 10.7. The molecular formula is C14H19BrO2. The van der Waals surface area contributed by atoms with Crippen LogP contribution in [0.3, 0.4) is 0 Å². The summed E-state index contributed by atoms with van der Waals surface area (Å²) in [5.74, 6) is 1.25. The van der Waals surface area contributed by atoms with E-state index in [4.69, 9.17) is 4.74 Å². The van der Waals surface area contributed by atoms with Crippen LogP contribution in [0.25, 0.3) is 0 Å². The number of aliphatic hydroxyl groups excluding tert-OH is 1. The lowest BCUT2D eigenvalue weighted by Gasteiger charge is -2.40. The van der Waals surface area contributed by atoms with Crippen molar-refractivity contribution < 1.29 is 9.84 Å². The van der Waals surface area contributed by atoms with Crippen LogP contribution in [-0.2, 0) is 0 Å². The molecule has 0 saturated heterocycles. The Bertz CT molecular complexity index is 426. The van der Waals surface area contributed by atoms with Gasteiger partial charge in [0.2, 0.25) is 0 Å². The lowest BCUT2D eigenvalue weighted by Crippen LogP contribution is -2.45. The summed E-state index contributed by atoms with van der Waals surface area (Å²) in [4.78, 5) is -0.0927. The summed E-state index contributed by atoms with van der Waals surface area (Å²) in [6, 6.07) is 6.09. The molecule has 0 unspecified atom stereocenters. The van der Waals surface area contributed by atoms with Crippen molar-refractivity contribution in [2.24, 2.45) is 0 Å². The number of hydrogen-bond acceptors (Lipinski definition) is 2. The lowest BCUT2D eigenvalue weighted by molar-refractivity contribution is 0.0225. The van der Waals surface area contributed by atoms with Gasteiger partial charge in [0.15, 0.2) is 0 Å². The van der Waals surface area contributed by atoms with E-state index < -0.39 is 11.7 Å². The van der Waals surface area contributed by atoms with Crippen molar-refractivity contribution in [3.63, 3.8) is 0 Å². The first-order chi connectivity index (χ1) is 7.83. The summed E-state index contributed by atoms with van der Waals surface area (Å²) in [7, 11) is 0. The minimum Gasteiger partial charge on any atom is -0.486 e. The highest BCUT2D eigenvalue weighted by molar-refractivity contribution is 9.09. The molecular weight excluding hydrogens is 280 g/mol. The molecule has 3 heteroatoms. The van der Waals surface area contributed by atoms with Crippen LogP contribution < -0.4 is 4.74 Å². The number of hydrogen-bond donors (Lipinski definition) is 1. The van der Waals surface area contributed by atoms with E-state index in [2.05, 4.69) is 35.8 Å². The van der Waals surface area contributed by atoms with Gasteiger partial charge in [-0.05, 0) is 37.5 Å². The average molecular weight is 299 g/mol. The Hall–Kier alpha value is -0.540. The molecule has 1 N–H and O–H groups in total. The Morgan fingerprint density at radius 2 is 2.00 bits per heavy atom. The highest BCUT2D eigenvalue weighted by Crippen LogP contribution is 2.43. The number of fused-ring (bicyclic) bond motifs is 1. The summed E-state index contributed by atoms with van der Waals surface area (Å²) >= 11 is 3.53. The molecule has 0 spiro atoms. The molecule has 2 nitrogen and oxygen atoms in total. The van der Waals surface area contributed by atoms with Crippen LogP contribution >= 0.6 is 15.9 Å². The van der Waals surface area contributed by atoms with Gasteiger partial charge in [0, 0.05) is 5.56 Å². The Kier molecular flexibility index (Phi) is 3.25. The van der Waals surface area contributed by atoms with Crippen molar-refractivity contribution in [3.05, 3.63) is 29.3 Å². The molecule has 0 radical (unpaired) electrons. The van der Waals surface area contributed by atoms with Gasteiger partial charge in [-0.2, -0.15) is 0 Å². The van der Waals surface area contributed by atoms with Gasteiger partial charge in [-0.25, -0.2) is 0 Å². The fourth-order valence-corrected chi connectivity index (χ4v) is 2.51. The smallest absolute Gasteiger partial charge is 0.126 e. The molecule has 0 fully saturated rings. The number of halogens is 1. The normalized spacial score (nSPS) is 26.5. The molecule has 1 aromatic carbocycles. The number of ether oxygens (including phenoxy) is 1. The number of rotatable bonds is 1. The van der Waals surface area contributed by atoms with Gasteiger partial charge in [0.25, 0.3) is 0 Å². The molecule has 0 aromatic heterocycles. The highest BCUT2D eigenvalue weighted by Gasteiger charge is 2.41. The second-order valence-electron chi connectivity index (χ2n) is 5.50. The molecule has 1 aliphatic heterocycles. The van der Waals surface area contributed by atoms with Crippen LogP contribution in [0.2, 0.25) is 0 Å². The van der Waals surface area contributed by atoms with Crippen molar-refractivity contribution in [1.82, 2.24) is 0 Å². The maximum Gasteiger partial charge on any atom is 0.126 e. The summed E-state index contributed by atoms with van der Waals surface area (Å²) in [5.41, 5.74) is 1.72. The highest BCUT2D eigenvalue weighted by atomic mass is 79.9. The third-order valence-electron chi connectivity index (χ3n) is 3.33. The van der Waals surface area contributed by atoms with Gasteiger partial charge in [-0.3, -0.25) is 0 Å². The Morgan fingerprint density at radius 1 is 1.35 bits per heavy atom. The first-order valence-corrected chi connectivity index (χ1v) is 6.89. The van der Waals surface area contributed by atoms with Gasteiger partial charge >= 0.3 is 0 Å². The van der Waals surface area contributed by atoms with Gasteiger partial charge in [-0.1, -0.05) is 35.8 Å². The van der Waals surface area contributed by atoms with Crippen LogP contribution in [0.1, 0.15) is 50.8 Å². The molecule has 17 heavy (non-hydrogen) atoms. The second-order valence-corrected chi connectivity index (χ2v) is 6.49. The average Bonchev–Trinajstić information content (AvgIpc) is 2.25. The molecule has 0 saturated carbocycles. The number of aliphatic hydroxyl groups is 1. The van der Waals surface area contributed by atoms with E-state index in [9.17, 15) is 5.11 Å². The number of alkyl halides is 1. The Labute approximate surface area is 111 Å². The van der Waals surface area contributed by atoms with E-state index in [-0.39, 0.29) is 4.83 Å². The van der Waals surface area contributed by atoms with Crippen LogP contribution in [-0.4, -0.2) is 15.5 Å². The predicted molar refractivity (Wildman–Crippen MR) is 72.9 cm³/mol. The third-order valence-corrected chi connectivity index (χ3v) is 4.94. The molecule has 94 valence electrons. The molecule has 1 aromatic rings. The topological polar surface area (TPSA) is 29.5 Å². The van der Waals surface area contributed by atoms with Gasteiger partial charge in [-0.15, -0.1) is 0 Å². The fraction of sp³-hybridized carbons (Fsp3) is 0.571. The van der Waals surface area contributed by atoms with E-state index in [0.717, 1.165) is 11.3 Å². The number of benzene rings is 1. The standard InChI is InChI=1S/C14H19BrO2/c1-8(2)9-5-6-11-10(7-9)12(16)13(15)14(3,4)17-11/h5-8,12-13,16H,1-4H3/t12-,13+/m1/s1. The van der Waals surface area contributed by atoms with Crippen molar-refractivity contribution in [3.8, 4) is 5.75 Å². The van der Waals surface area contributed by atoms with Gasteiger partial charge < -0.3 is 9.84 Å². The molecule has 0 bridgehead atoms. The van der Waals surface area contributed by atoms with E-state index in [1.165, 1.54) is 5.56 Å². The monoisotopic (exact) mass is 298 g/mol. The van der Waals surface area contributed by atoms with Crippen LogP contribution in [0.15, 0.2) is 18.2 Å². The van der Waals surface area contributed by atoms with Crippen molar-refractivity contribution in [1.29, 1.82) is 0 Å². The SMILES string of the molecule is CC(C)c1ccc2c(c1)[C@@H](O)[C@H](Br)C(C)(C)O2. The van der Waals surface area contributed by atoms with Crippen LogP contribution in [0.5, 0.6) is 5.75 Å². The molecule has 2 rings (SSSR count). The first-order valence-electron chi connectivity index (χ1n) is 5.98. The molecule has 1 aliphatic rings. The molecule has 0 aliphatic carbocycles. The van der Waals surface area contributed by atoms with Crippen molar-refractivity contribution in [2.45, 2.75) is 50.1 Å². The zero-order valence-corrected chi connectivity index (χ0v) is 12.3. The molecule has 1 heterocycles. The van der Waals surface area contributed by atoms with Gasteiger partial charge in [0.05, 0.1) is 10.9 Å². The van der Waals surface area contributed by atoms with Crippen molar-refractivity contribution >= 4 is 15.9 Å². The summed E-state index contributed by atoms with van der Waals surface area (Å²) in [6.07, 6.45) is -0.521. The minimum atomic E-state index is -0.521. The fourth-order valence-electron chi connectivity index (χ4n) is 2.13. The Balaban J connectivity index is 2.47. The molecule has 0 amide bonds. The first kappa shape index (κ1) is 12.9. The summed E-state index contributed by atoms with van der Waals surface area (Å²) in [5, 5.41) is 10.3. The van der Waals surface area contributed by atoms with E-state index >= 15 is 0 Å². The van der Waals surface area contributed by atoms with Crippen LogP contribution in [0.4, 0.5) is 0 Å². The lowest BCUT2D eigenvalue weighted by atomic mass is 9.89. The largest absolute Gasteiger partial charge is 0.486 e. The van der Waals surface area contributed by atoms with Gasteiger partial charge in [0.1, 0.15) is 11.4 Å². The summed E-state index contributed by atoms with van der Waals surface area (Å²) < 4.78 is 5.93. The minimum absolute atomic E-state index is 0.0927. The van der Waals surface area contributed by atoms with E-state index in [1.54, 1.807) is 0 Å². The maximum absolute atomic E-state index is 10.3. The quantitative estimate of drug-likeness (QED) is 0.800. The van der Waals surface area contributed by atoms with E-state index in [0.29, 0.717) is 5.92 Å². The maximum atomic E-state index is 10.3. The Morgan fingerprint density at radius 3 is 2.59 bits per heavy atom. The summed E-state index contributed by atoms with van der Waals surface area (Å²) in [6.45, 7) is 8.25. The predicted octanol–water partition coefficient (Wildman–Crippen LogP) is 3.78.